The van der Waals surface area contributed by atoms with Gasteiger partial charge >= 0.3 is 5.97 Å². The Morgan fingerprint density at radius 1 is 1.21 bits per heavy atom. The molecule has 8 nitrogen and oxygen atoms in total. The lowest BCUT2D eigenvalue weighted by Gasteiger charge is -2.14. The molecule has 1 aromatic heterocycles. The SMILES string of the molecule is C[C@H](OC(=O)c1cccnc1SC(F)F)C(=O)Nc1ccc(S(N)(=O)=O)cc1. The molecule has 0 aliphatic heterocycles. The van der Waals surface area contributed by atoms with E-state index in [1.54, 1.807) is 0 Å². The van der Waals surface area contributed by atoms with Gasteiger partial charge in [-0.15, -0.1) is 0 Å². The van der Waals surface area contributed by atoms with Gasteiger partial charge in [-0.2, -0.15) is 8.78 Å². The van der Waals surface area contributed by atoms with Crippen molar-refractivity contribution in [1.29, 1.82) is 0 Å². The summed E-state index contributed by atoms with van der Waals surface area (Å²) >= 11 is 0.0896. The van der Waals surface area contributed by atoms with Crippen molar-refractivity contribution in [2.45, 2.75) is 28.7 Å². The monoisotopic (exact) mass is 431 g/mol. The highest BCUT2D eigenvalue weighted by Gasteiger charge is 2.23. The minimum absolute atomic E-state index is 0.0896. The van der Waals surface area contributed by atoms with E-state index in [2.05, 4.69) is 10.3 Å². The fourth-order valence-corrected chi connectivity index (χ4v) is 3.06. The quantitative estimate of drug-likeness (QED) is 0.508. The number of carbonyl (C=O) groups is 2. The number of hydrogen-bond donors (Lipinski definition) is 2. The maximum atomic E-state index is 12.6. The molecule has 0 unspecified atom stereocenters. The fourth-order valence-electron chi connectivity index (χ4n) is 1.97. The number of sulfonamides is 1. The van der Waals surface area contributed by atoms with Crippen LogP contribution in [0, 0.1) is 0 Å². The minimum atomic E-state index is -3.87. The molecule has 0 saturated heterocycles. The molecule has 2 rings (SSSR count). The lowest BCUT2D eigenvalue weighted by molar-refractivity contribution is -0.123. The molecule has 0 radical (unpaired) electrons. The maximum Gasteiger partial charge on any atom is 0.341 e. The van der Waals surface area contributed by atoms with Crippen LogP contribution in [-0.2, 0) is 19.6 Å². The van der Waals surface area contributed by atoms with Gasteiger partial charge in [0.1, 0.15) is 5.03 Å². The number of esters is 1. The number of halogens is 2. The van der Waals surface area contributed by atoms with Crippen molar-refractivity contribution in [2.75, 3.05) is 5.32 Å². The van der Waals surface area contributed by atoms with E-state index >= 15 is 0 Å². The molecule has 28 heavy (non-hydrogen) atoms. The van der Waals surface area contributed by atoms with Gasteiger partial charge in [-0.3, -0.25) is 4.79 Å². The summed E-state index contributed by atoms with van der Waals surface area (Å²) in [6.07, 6.45) is -0.00180. The average Bonchev–Trinajstić information content (AvgIpc) is 2.61. The first kappa shape index (κ1) is 21.7. The molecule has 150 valence electrons. The van der Waals surface area contributed by atoms with E-state index in [0.717, 1.165) is 0 Å². The van der Waals surface area contributed by atoms with Crippen LogP contribution in [0.4, 0.5) is 14.5 Å². The number of primary sulfonamides is 1. The Labute approximate surface area is 163 Å². The Bertz CT molecular complexity index is 968. The second-order valence-electron chi connectivity index (χ2n) is 5.34. The molecule has 1 aromatic carbocycles. The standard InChI is InChI=1S/C16H15F2N3O5S2/c1-9(13(22)21-10-4-6-11(7-5-10)28(19,24)25)26-15(23)12-3-2-8-20-14(12)27-16(17)18/h2-9,16H,1H3,(H,21,22)(H2,19,24,25)/t9-/m0/s1. The van der Waals surface area contributed by atoms with Crippen LogP contribution in [0.15, 0.2) is 52.5 Å². The van der Waals surface area contributed by atoms with Gasteiger partial charge in [0.15, 0.2) is 6.10 Å². The molecular weight excluding hydrogens is 416 g/mol. The second-order valence-corrected chi connectivity index (χ2v) is 7.88. The molecule has 2 aromatic rings. The second kappa shape index (κ2) is 9.08. The third-order valence-corrected chi connectivity index (χ3v) is 4.95. The van der Waals surface area contributed by atoms with Gasteiger partial charge in [-0.25, -0.2) is 23.3 Å². The number of pyridine rings is 1. The smallest absolute Gasteiger partial charge is 0.341 e. The number of amides is 1. The lowest BCUT2D eigenvalue weighted by Crippen LogP contribution is -2.30. The van der Waals surface area contributed by atoms with E-state index in [-0.39, 0.29) is 32.9 Å². The van der Waals surface area contributed by atoms with E-state index in [1.807, 2.05) is 0 Å². The molecule has 0 aliphatic carbocycles. The highest BCUT2D eigenvalue weighted by atomic mass is 32.2. The highest BCUT2D eigenvalue weighted by molar-refractivity contribution is 7.99. The number of nitrogens with zero attached hydrogens (tertiary/aromatic N) is 1. The van der Waals surface area contributed by atoms with Gasteiger partial charge in [0.25, 0.3) is 11.7 Å². The number of thioether (sulfide) groups is 1. The van der Waals surface area contributed by atoms with Gasteiger partial charge in [0.2, 0.25) is 10.0 Å². The Hall–Kier alpha value is -2.57. The third kappa shape index (κ3) is 5.97. The van der Waals surface area contributed by atoms with E-state index in [1.165, 1.54) is 49.5 Å². The van der Waals surface area contributed by atoms with E-state index < -0.39 is 33.8 Å². The normalized spacial score (nSPS) is 12.5. The number of nitrogens with two attached hydrogens (primary N) is 1. The first-order valence-electron chi connectivity index (χ1n) is 7.62. The van der Waals surface area contributed by atoms with Crippen molar-refractivity contribution in [2.24, 2.45) is 5.14 Å². The Morgan fingerprint density at radius 3 is 2.43 bits per heavy atom. The summed E-state index contributed by atoms with van der Waals surface area (Å²) in [6, 6.07) is 7.66. The fraction of sp³-hybridized carbons (Fsp3) is 0.188. The van der Waals surface area contributed by atoms with E-state index in [0.29, 0.717) is 0 Å². The zero-order chi connectivity index (χ0) is 20.9. The molecule has 0 fully saturated rings. The van der Waals surface area contributed by atoms with Crippen molar-refractivity contribution in [3.63, 3.8) is 0 Å². The number of anilines is 1. The van der Waals surface area contributed by atoms with Crippen LogP contribution in [0.3, 0.4) is 0 Å². The summed E-state index contributed by atoms with van der Waals surface area (Å²) in [5.74, 6) is -4.46. The summed E-state index contributed by atoms with van der Waals surface area (Å²) in [6.45, 7) is 1.29. The summed E-state index contributed by atoms with van der Waals surface area (Å²) in [7, 11) is -3.87. The predicted octanol–water partition coefficient (Wildman–Crippen LogP) is 2.23. The minimum Gasteiger partial charge on any atom is -0.449 e. The number of benzene rings is 1. The summed E-state index contributed by atoms with van der Waals surface area (Å²) in [5.41, 5.74) is 0.0561. The van der Waals surface area contributed by atoms with Crippen LogP contribution >= 0.6 is 11.8 Å². The molecule has 12 heteroatoms. The Balaban J connectivity index is 2.03. The number of aromatic nitrogens is 1. The number of carbonyl (C=O) groups excluding carboxylic acids is 2. The van der Waals surface area contributed by atoms with Crippen LogP contribution < -0.4 is 10.5 Å². The summed E-state index contributed by atoms with van der Waals surface area (Å²) in [4.78, 5) is 27.9. The molecule has 0 saturated carbocycles. The van der Waals surface area contributed by atoms with Crippen LogP contribution in [-0.4, -0.2) is 37.1 Å². The van der Waals surface area contributed by atoms with Crippen molar-refractivity contribution >= 4 is 39.3 Å². The number of alkyl halides is 2. The summed E-state index contributed by atoms with van der Waals surface area (Å²) in [5, 5.41) is 7.20. The largest absolute Gasteiger partial charge is 0.449 e. The zero-order valence-electron chi connectivity index (χ0n) is 14.3. The Morgan fingerprint density at radius 2 is 1.86 bits per heavy atom. The maximum absolute atomic E-state index is 12.6. The lowest BCUT2D eigenvalue weighted by atomic mass is 10.2. The van der Waals surface area contributed by atoms with E-state index in [9.17, 15) is 26.8 Å². The first-order valence-corrected chi connectivity index (χ1v) is 10.0. The molecular formula is C16H15F2N3O5S2. The van der Waals surface area contributed by atoms with Gasteiger partial charge in [0, 0.05) is 11.9 Å². The molecule has 1 atom stereocenters. The van der Waals surface area contributed by atoms with Crippen LogP contribution in [0.25, 0.3) is 0 Å². The molecule has 3 N–H and O–H groups in total. The predicted molar refractivity (Wildman–Crippen MR) is 97.4 cm³/mol. The average molecular weight is 431 g/mol. The zero-order valence-corrected chi connectivity index (χ0v) is 16.0. The molecule has 0 aliphatic rings. The topological polar surface area (TPSA) is 128 Å². The van der Waals surface area contributed by atoms with E-state index in [4.69, 9.17) is 9.88 Å². The van der Waals surface area contributed by atoms with Crippen molar-refractivity contribution in [3.05, 3.63) is 48.2 Å². The third-order valence-electron chi connectivity index (χ3n) is 3.30. The first-order chi connectivity index (χ1) is 13.1. The molecule has 1 amide bonds. The molecule has 0 bridgehead atoms. The van der Waals surface area contributed by atoms with Gasteiger partial charge in [0.05, 0.1) is 10.5 Å². The summed E-state index contributed by atoms with van der Waals surface area (Å²) < 4.78 is 52.5. The van der Waals surface area contributed by atoms with Gasteiger partial charge in [-0.1, -0.05) is 0 Å². The number of ether oxygens (including phenoxy) is 1. The van der Waals surface area contributed by atoms with Crippen molar-refractivity contribution in [3.8, 4) is 0 Å². The molecule has 1 heterocycles. The van der Waals surface area contributed by atoms with Crippen LogP contribution in [0.5, 0.6) is 0 Å². The number of nitrogens with one attached hydrogen (secondary N) is 1. The van der Waals surface area contributed by atoms with Crippen molar-refractivity contribution in [1.82, 2.24) is 4.98 Å². The van der Waals surface area contributed by atoms with Crippen LogP contribution in [0.2, 0.25) is 0 Å². The van der Waals surface area contributed by atoms with Gasteiger partial charge in [-0.05, 0) is 55.1 Å². The number of hydrogen-bond acceptors (Lipinski definition) is 7. The highest BCUT2D eigenvalue weighted by Crippen LogP contribution is 2.27. The molecule has 0 spiro atoms. The van der Waals surface area contributed by atoms with Gasteiger partial charge < -0.3 is 10.1 Å². The Kier molecular flexibility index (Phi) is 7.05. The van der Waals surface area contributed by atoms with Crippen LogP contribution in [0.1, 0.15) is 17.3 Å². The van der Waals surface area contributed by atoms with Crippen molar-refractivity contribution < 1.29 is 31.5 Å². The number of rotatable bonds is 7.